The van der Waals surface area contributed by atoms with Crippen LogP contribution in [0.3, 0.4) is 0 Å². The van der Waals surface area contributed by atoms with Gasteiger partial charge in [-0.1, -0.05) is 5.16 Å². The summed E-state index contributed by atoms with van der Waals surface area (Å²) in [6.45, 7) is 5.11. The number of halogens is 1. The summed E-state index contributed by atoms with van der Waals surface area (Å²) in [4.78, 5) is 18.1. The topological polar surface area (TPSA) is 85.2 Å². The van der Waals surface area contributed by atoms with E-state index in [1.165, 1.54) is 0 Å². The molecule has 0 radical (unpaired) electrons. The number of piperidine rings is 1. The summed E-state index contributed by atoms with van der Waals surface area (Å²) in [5.74, 6) is 1.57. The van der Waals surface area contributed by atoms with Gasteiger partial charge in [0, 0.05) is 25.6 Å². The molecule has 0 aromatic carbocycles. The molecule has 1 aromatic rings. The summed E-state index contributed by atoms with van der Waals surface area (Å²) in [5.41, 5.74) is 5.66. The average Bonchev–Trinajstić information content (AvgIpc) is 2.75. The molecule has 0 saturated carbocycles. The molecule has 1 aliphatic rings. The predicted molar refractivity (Wildman–Crippen MR) is 73.1 cm³/mol. The van der Waals surface area contributed by atoms with Crippen LogP contribution >= 0.6 is 12.4 Å². The number of nitrogens with zero attached hydrogens (tertiary/aromatic N) is 3. The van der Waals surface area contributed by atoms with Gasteiger partial charge in [-0.3, -0.25) is 4.79 Å². The van der Waals surface area contributed by atoms with Crippen molar-refractivity contribution in [1.29, 1.82) is 0 Å². The van der Waals surface area contributed by atoms with Gasteiger partial charge in [-0.15, -0.1) is 12.4 Å². The van der Waals surface area contributed by atoms with Crippen LogP contribution in [0.5, 0.6) is 0 Å². The van der Waals surface area contributed by atoms with Gasteiger partial charge < -0.3 is 15.2 Å². The molecule has 0 bridgehead atoms. The van der Waals surface area contributed by atoms with Gasteiger partial charge in [-0.05, 0) is 26.7 Å². The molecule has 1 aromatic heterocycles. The summed E-state index contributed by atoms with van der Waals surface area (Å²) in [7, 11) is 0. The molecule has 0 aliphatic carbocycles. The number of hydrogen-bond acceptors (Lipinski definition) is 5. The van der Waals surface area contributed by atoms with Crippen LogP contribution < -0.4 is 5.73 Å². The van der Waals surface area contributed by atoms with Crippen LogP contribution in [0.15, 0.2) is 4.52 Å². The Balaban J connectivity index is 0.00000180. The Morgan fingerprint density at radius 2 is 2.37 bits per heavy atom. The van der Waals surface area contributed by atoms with E-state index < -0.39 is 0 Å². The zero-order chi connectivity index (χ0) is 13.1. The van der Waals surface area contributed by atoms with Crippen molar-refractivity contribution >= 4 is 18.3 Å². The quantitative estimate of drug-likeness (QED) is 0.904. The lowest BCUT2D eigenvalue weighted by Gasteiger charge is -2.31. The van der Waals surface area contributed by atoms with Crippen molar-refractivity contribution < 1.29 is 9.32 Å². The van der Waals surface area contributed by atoms with Crippen molar-refractivity contribution in [2.75, 3.05) is 13.1 Å². The highest BCUT2D eigenvalue weighted by Gasteiger charge is 2.28. The first-order valence-corrected chi connectivity index (χ1v) is 6.40. The second-order valence-electron chi connectivity index (χ2n) is 5.04. The fraction of sp³-hybridized carbons (Fsp3) is 0.750. The normalized spacial score (nSPS) is 20.8. The number of aryl methyl sites for hydroxylation is 1. The second-order valence-corrected chi connectivity index (χ2v) is 5.04. The van der Waals surface area contributed by atoms with Gasteiger partial charge in [0.05, 0.1) is 5.92 Å². The van der Waals surface area contributed by atoms with Gasteiger partial charge in [-0.25, -0.2) is 0 Å². The molecule has 2 atom stereocenters. The van der Waals surface area contributed by atoms with Crippen LogP contribution in [0.25, 0.3) is 0 Å². The van der Waals surface area contributed by atoms with Crippen LogP contribution in [0.2, 0.25) is 0 Å². The van der Waals surface area contributed by atoms with Crippen LogP contribution in [0.4, 0.5) is 0 Å². The maximum Gasteiger partial charge on any atom is 0.231 e. The van der Waals surface area contributed by atoms with Gasteiger partial charge >= 0.3 is 0 Å². The van der Waals surface area contributed by atoms with E-state index in [1.807, 2.05) is 11.8 Å². The Kier molecular flexibility index (Phi) is 5.75. The SMILES string of the molecule is Cc1noc(C2CCCN(C(=O)CC(C)N)C2)n1.Cl. The summed E-state index contributed by atoms with van der Waals surface area (Å²) in [6.07, 6.45) is 2.36. The molecule has 2 N–H and O–H groups in total. The fourth-order valence-corrected chi connectivity index (χ4v) is 2.29. The molecule has 2 rings (SSSR count). The highest BCUT2D eigenvalue weighted by Crippen LogP contribution is 2.25. The first kappa shape index (κ1) is 15.9. The molecule has 0 spiro atoms. The third kappa shape index (κ3) is 4.18. The number of hydrogen-bond donors (Lipinski definition) is 1. The molecular formula is C12H21ClN4O2. The van der Waals surface area contributed by atoms with E-state index in [2.05, 4.69) is 10.1 Å². The van der Waals surface area contributed by atoms with E-state index >= 15 is 0 Å². The first-order chi connectivity index (χ1) is 8.56. The maximum atomic E-state index is 12.0. The van der Waals surface area contributed by atoms with E-state index in [1.54, 1.807) is 6.92 Å². The van der Waals surface area contributed by atoms with Crippen molar-refractivity contribution in [2.45, 2.75) is 45.1 Å². The third-order valence-corrected chi connectivity index (χ3v) is 3.16. The Morgan fingerprint density at radius 3 is 2.95 bits per heavy atom. The average molecular weight is 289 g/mol. The highest BCUT2D eigenvalue weighted by molar-refractivity contribution is 5.85. The van der Waals surface area contributed by atoms with Gasteiger partial charge in [0.25, 0.3) is 0 Å². The van der Waals surface area contributed by atoms with Crippen molar-refractivity contribution in [3.63, 3.8) is 0 Å². The lowest BCUT2D eigenvalue weighted by Crippen LogP contribution is -2.41. The van der Waals surface area contributed by atoms with Crippen LogP contribution in [0, 0.1) is 6.92 Å². The van der Waals surface area contributed by atoms with Crippen LogP contribution in [-0.4, -0.2) is 40.1 Å². The maximum absolute atomic E-state index is 12.0. The molecule has 7 heteroatoms. The molecule has 2 unspecified atom stereocenters. The zero-order valence-corrected chi connectivity index (χ0v) is 12.2. The molecule has 19 heavy (non-hydrogen) atoms. The summed E-state index contributed by atoms with van der Waals surface area (Å²) >= 11 is 0. The van der Waals surface area contributed by atoms with Crippen molar-refractivity contribution in [3.05, 3.63) is 11.7 Å². The molecule has 1 saturated heterocycles. The zero-order valence-electron chi connectivity index (χ0n) is 11.3. The van der Waals surface area contributed by atoms with Gasteiger partial charge in [0.2, 0.25) is 11.8 Å². The minimum Gasteiger partial charge on any atom is -0.342 e. The van der Waals surface area contributed by atoms with Crippen molar-refractivity contribution in [3.8, 4) is 0 Å². The number of rotatable bonds is 3. The number of amides is 1. The van der Waals surface area contributed by atoms with E-state index in [-0.39, 0.29) is 30.3 Å². The van der Waals surface area contributed by atoms with E-state index in [9.17, 15) is 4.79 Å². The minimum absolute atomic E-state index is 0. The second kappa shape index (κ2) is 6.86. The molecule has 6 nitrogen and oxygen atoms in total. The molecule has 1 amide bonds. The summed E-state index contributed by atoms with van der Waals surface area (Å²) in [5, 5.41) is 3.80. The third-order valence-electron chi connectivity index (χ3n) is 3.16. The largest absolute Gasteiger partial charge is 0.342 e. The molecule has 1 aliphatic heterocycles. The number of nitrogens with two attached hydrogens (primary N) is 1. The van der Waals surface area contributed by atoms with E-state index in [4.69, 9.17) is 10.3 Å². The van der Waals surface area contributed by atoms with Gasteiger partial charge in [0.15, 0.2) is 5.82 Å². The van der Waals surface area contributed by atoms with Crippen LogP contribution in [-0.2, 0) is 4.79 Å². The lowest BCUT2D eigenvalue weighted by molar-refractivity contribution is -0.132. The summed E-state index contributed by atoms with van der Waals surface area (Å²) in [6, 6.07) is -0.0940. The van der Waals surface area contributed by atoms with Crippen molar-refractivity contribution in [2.24, 2.45) is 5.73 Å². The summed E-state index contributed by atoms with van der Waals surface area (Å²) < 4.78 is 5.19. The van der Waals surface area contributed by atoms with E-state index in [0.717, 1.165) is 19.4 Å². The fourth-order valence-electron chi connectivity index (χ4n) is 2.29. The smallest absolute Gasteiger partial charge is 0.231 e. The Bertz CT molecular complexity index is 422. The van der Waals surface area contributed by atoms with Crippen molar-refractivity contribution in [1.82, 2.24) is 15.0 Å². The van der Waals surface area contributed by atoms with Gasteiger partial charge in [-0.2, -0.15) is 4.98 Å². The predicted octanol–water partition coefficient (Wildman–Crippen LogP) is 1.24. The number of likely N-dealkylation sites (tertiary alicyclic amines) is 1. The number of aromatic nitrogens is 2. The Hall–Kier alpha value is -1.14. The minimum atomic E-state index is -0.0940. The standard InChI is InChI=1S/C12H20N4O2.ClH/c1-8(13)6-11(17)16-5-3-4-10(7-16)12-14-9(2)15-18-12;/h8,10H,3-7,13H2,1-2H3;1H. The molecule has 1 fully saturated rings. The monoisotopic (exact) mass is 288 g/mol. The first-order valence-electron chi connectivity index (χ1n) is 6.40. The lowest BCUT2D eigenvalue weighted by atomic mass is 9.97. The Morgan fingerprint density at radius 1 is 1.63 bits per heavy atom. The van der Waals surface area contributed by atoms with Gasteiger partial charge in [0.1, 0.15) is 0 Å². The molecular weight excluding hydrogens is 268 g/mol. The Labute approximate surface area is 119 Å². The highest BCUT2D eigenvalue weighted by atomic mass is 35.5. The number of carbonyl (C=O) groups excluding carboxylic acids is 1. The molecule has 108 valence electrons. The van der Waals surface area contributed by atoms with E-state index in [0.29, 0.717) is 24.7 Å². The number of carbonyl (C=O) groups is 1. The molecule has 2 heterocycles. The van der Waals surface area contributed by atoms with Crippen LogP contribution in [0.1, 0.15) is 43.8 Å².